The van der Waals surface area contributed by atoms with E-state index in [4.69, 9.17) is 28.3 Å². The van der Waals surface area contributed by atoms with E-state index in [0.717, 1.165) is 32.1 Å². The number of esters is 2. The predicted molar refractivity (Wildman–Crippen MR) is 197 cm³/mol. The molecule has 4 unspecified atom stereocenters. The van der Waals surface area contributed by atoms with Crippen LogP contribution in [0.15, 0.2) is 0 Å². The fraction of sp³-hybridized carbons (Fsp3) is 0.676. The molecular formula is C37H52O16P2. The van der Waals surface area contributed by atoms with Crippen molar-refractivity contribution in [3.05, 3.63) is 0 Å². The molecule has 1 aliphatic carbocycles. The Morgan fingerprint density at radius 1 is 0.618 bits per heavy atom. The van der Waals surface area contributed by atoms with Gasteiger partial charge in [-0.3, -0.25) is 18.4 Å². The summed E-state index contributed by atoms with van der Waals surface area (Å²) >= 11 is 0. The van der Waals surface area contributed by atoms with E-state index in [1.54, 1.807) is 6.92 Å². The molecule has 0 aromatic rings. The second-order valence-electron chi connectivity index (χ2n) is 12.4. The van der Waals surface area contributed by atoms with Gasteiger partial charge in [0.2, 0.25) is 0 Å². The van der Waals surface area contributed by atoms with E-state index in [2.05, 4.69) is 70.7 Å². The van der Waals surface area contributed by atoms with Crippen molar-refractivity contribution in [1.82, 2.24) is 0 Å². The Balaban J connectivity index is 2.81. The van der Waals surface area contributed by atoms with Crippen LogP contribution >= 0.6 is 15.6 Å². The molecule has 1 rings (SSSR count). The molecule has 0 bridgehead atoms. The van der Waals surface area contributed by atoms with Gasteiger partial charge in [0.1, 0.15) is 43.2 Å². The lowest BCUT2D eigenvalue weighted by Gasteiger charge is -2.43. The fourth-order valence-electron chi connectivity index (χ4n) is 5.14. The molecule has 0 aromatic heterocycles. The molecule has 18 heteroatoms. The van der Waals surface area contributed by atoms with Crippen LogP contribution in [-0.4, -0.2) is 103 Å². The van der Waals surface area contributed by atoms with Gasteiger partial charge < -0.3 is 44.6 Å². The van der Waals surface area contributed by atoms with Crippen LogP contribution < -0.4 is 0 Å². The molecule has 306 valence electrons. The number of aliphatic hydroxyl groups excluding tert-OH is 4. The average Bonchev–Trinajstić information content (AvgIpc) is 3.13. The van der Waals surface area contributed by atoms with Gasteiger partial charge in [-0.2, -0.15) is 0 Å². The summed E-state index contributed by atoms with van der Waals surface area (Å²) < 4.78 is 48.4. The number of carbonyl (C=O) groups excluding carboxylic acids is 2. The number of phosphoric ester groups is 2. The third-order valence-corrected chi connectivity index (χ3v) is 9.40. The molecule has 1 fully saturated rings. The standard InChI is InChI=1S/C37H52O16P2/c1-3-5-7-9-11-13-14-15-16-18-20-22-24-26-31(39)51-29(27-49-30(38)25-23-21-19-17-12-10-8-6-4-2)28-50-55(47,48)53-37-34(42)32(40)33(41)36(35(37)43)52-54(44,45)46/h29,32-37,40-43H,3,5,7,9,11,13-16,18,20,22,24,26-28H2,1-2H3,(H,47,48)(H2,44,45,46)/t29-,32-,33?,34?,35+,36+,37?/m0/s1. The van der Waals surface area contributed by atoms with Crippen molar-refractivity contribution < 1.29 is 76.9 Å². The predicted octanol–water partition coefficient (Wildman–Crippen LogP) is 2.40. The number of unbranched alkanes of at least 4 members (excludes halogenated alkanes) is 12. The van der Waals surface area contributed by atoms with E-state index in [9.17, 15) is 44.0 Å². The Hall–Kier alpha value is -3.20. The highest BCUT2D eigenvalue weighted by molar-refractivity contribution is 7.47. The van der Waals surface area contributed by atoms with Gasteiger partial charge in [0, 0.05) is 12.3 Å². The molecule has 1 aliphatic rings. The number of aliphatic hydroxyl groups is 4. The van der Waals surface area contributed by atoms with Crippen molar-refractivity contribution >= 4 is 27.6 Å². The van der Waals surface area contributed by atoms with Crippen LogP contribution in [0.25, 0.3) is 0 Å². The number of phosphoric acid groups is 2. The van der Waals surface area contributed by atoms with Crippen molar-refractivity contribution in [2.45, 2.75) is 146 Å². The van der Waals surface area contributed by atoms with Crippen molar-refractivity contribution in [2.24, 2.45) is 0 Å². The van der Waals surface area contributed by atoms with Gasteiger partial charge in [0.15, 0.2) is 6.10 Å². The fourth-order valence-corrected chi connectivity index (χ4v) is 6.68. The van der Waals surface area contributed by atoms with Crippen molar-refractivity contribution in [3.8, 4) is 59.2 Å². The quantitative estimate of drug-likeness (QED) is 0.0243. The van der Waals surface area contributed by atoms with Crippen LogP contribution in [0.5, 0.6) is 0 Å². The van der Waals surface area contributed by atoms with Gasteiger partial charge in [-0.05, 0) is 60.7 Å². The molecule has 0 aromatic carbocycles. The SMILES string of the molecule is CC#CC#CC#CC#CC#CC(=O)OC[C@@H](COP(=O)(O)OC1C(O)[C@@H](O)C(O)[C@@H](OP(=O)(O)O)[C@H]1O)OC(=O)CCCCCCCCCCCCCCC. The molecule has 0 spiro atoms. The van der Waals surface area contributed by atoms with Gasteiger partial charge >= 0.3 is 27.6 Å². The maximum absolute atomic E-state index is 12.8. The minimum absolute atomic E-state index is 0.0248. The van der Waals surface area contributed by atoms with Gasteiger partial charge in [0.05, 0.1) is 6.61 Å². The maximum Gasteiger partial charge on any atom is 0.472 e. The Morgan fingerprint density at radius 3 is 1.60 bits per heavy atom. The molecule has 0 aliphatic heterocycles. The first kappa shape index (κ1) is 49.8. The van der Waals surface area contributed by atoms with Crippen LogP contribution in [0.2, 0.25) is 0 Å². The molecule has 0 radical (unpaired) electrons. The maximum atomic E-state index is 12.8. The summed E-state index contributed by atoms with van der Waals surface area (Å²) in [5, 5.41) is 40.9. The number of carbonyl (C=O) groups is 2. The zero-order valence-electron chi connectivity index (χ0n) is 31.1. The third kappa shape index (κ3) is 23.5. The van der Waals surface area contributed by atoms with Gasteiger partial charge in [-0.15, -0.1) is 0 Å². The number of ether oxygens (including phenoxy) is 2. The summed E-state index contributed by atoms with van der Waals surface area (Å²) in [4.78, 5) is 53.4. The van der Waals surface area contributed by atoms with E-state index >= 15 is 0 Å². The highest BCUT2D eigenvalue weighted by atomic mass is 31.2. The highest BCUT2D eigenvalue weighted by Gasteiger charge is 2.54. The first-order chi connectivity index (χ1) is 26.1. The summed E-state index contributed by atoms with van der Waals surface area (Å²) in [6.45, 7) is 2.15. The number of rotatable bonds is 24. The summed E-state index contributed by atoms with van der Waals surface area (Å²) in [7, 11) is -10.7. The second kappa shape index (κ2) is 28.2. The summed E-state index contributed by atoms with van der Waals surface area (Å²) in [5.41, 5.74) is 0. The lowest BCUT2D eigenvalue weighted by molar-refractivity contribution is -0.216. The lowest BCUT2D eigenvalue weighted by atomic mass is 9.85. The lowest BCUT2D eigenvalue weighted by Crippen LogP contribution is -2.64. The summed E-state index contributed by atoms with van der Waals surface area (Å²) in [5.74, 6) is 21.7. The van der Waals surface area contributed by atoms with Crippen molar-refractivity contribution in [3.63, 3.8) is 0 Å². The topological polar surface area (TPSA) is 256 Å². The van der Waals surface area contributed by atoms with Crippen LogP contribution in [0.4, 0.5) is 0 Å². The van der Waals surface area contributed by atoms with Crippen LogP contribution in [0.1, 0.15) is 104 Å². The Kier molecular flexibility index (Phi) is 25.6. The molecule has 16 nitrogen and oxygen atoms in total. The molecule has 0 heterocycles. The molecule has 8 atom stereocenters. The third-order valence-electron chi connectivity index (χ3n) is 7.89. The van der Waals surface area contributed by atoms with Crippen LogP contribution in [0.3, 0.4) is 0 Å². The zero-order chi connectivity index (χ0) is 41.1. The monoisotopic (exact) mass is 814 g/mol. The Labute approximate surface area is 322 Å². The number of hydrogen-bond donors (Lipinski definition) is 7. The smallest absolute Gasteiger partial charge is 0.456 e. The Morgan fingerprint density at radius 2 is 1.09 bits per heavy atom. The number of hydrogen-bond acceptors (Lipinski definition) is 13. The summed E-state index contributed by atoms with van der Waals surface area (Å²) in [6, 6.07) is 0. The van der Waals surface area contributed by atoms with Gasteiger partial charge in [0.25, 0.3) is 0 Å². The molecular weight excluding hydrogens is 762 g/mol. The minimum Gasteiger partial charge on any atom is -0.456 e. The molecule has 0 saturated heterocycles. The molecule has 7 N–H and O–H groups in total. The van der Waals surface area contributed by atoms with Crippen molar-refractivity contribution in [2.75, 3.05) is 13.2 Å². The minimum atomic E-state index is -5.38. The van der Waals surface area contributed by atoms with Gasteiger partial charge in [-0.1, -0.05) is 89.9 Å². The van der Waals surface area contributed by atoms with E-state index in [1.165, 1.54) is 44.9 Å². The highest BCUT2D eigenvalue weighted by Crippen LogP contribution is 2.49. The van der Waals surface area contributed by atoms with E-state index in [1.807, 2.05) is 0 Å². The Bertz CT molecular complexity index is 1600. The second-order valence-corrected chi connectivity index (χ2v) is 15.0. The normalized spacial score (nSPS) is 21.8. The van der Waals surface area contributed by atoms with E-state index in [-0.39, 0.29) is 6.42 Å². The van der Waals surface area contributed by atoms with Crippen LogP contribution in [0, 0.1) is 59.2 Å². The average molecular weight is 815 g/mol. The summed E-state index contributed by atoms with van der Waals surface area (Å²) in [6.07, 6.45) is -0.967. The zero-order valence-corrected chi connectivity index (χ0v) is 32.8. The molecule has 0 amide bonds. The van der Waals surface area contributed by atoms with Crippen molar-refractivity contribution in [1.29, 1.82) is 0 Å². The first-order valence-corrected chi connectivity index (χ1v) is 21.0. The molecule has 1 saturated carbocycles. The first-order valence-electron chi connectivity index (χ1n) is 18.0. The largest absolute Gasteiger partial charge is 0.472 e. The molecule has 55 heavy (non-hydrogen) atoms. The van der Waals surface area contributed by atoms with Crippen LogP contribution in [-0.2, 0) is 41.8 Å². The van der Waals surface area contributed by atoms with E-state index < -0.39 is 83.5 Å². The van der Waals surface area contributed by atoms with E-state index in [0.29, 0.717) is 6.42 Å². The van der Waals surface area contributed by atoms with Gasteiger partial charge in [-0.25, -0.2) is 13.9 Å².